The second kappa shape index (κ2) is 8.29. The lowest BCUT2D eigenvalue weighted by atomic mass is 10.0. The monoisotopic (exact) mass is 402 g/mol. The van der Waals surface area contributed by atoms with Crippen molar-refractivity contribution in [2.75, 3.05) is 14.2 Å². The van der Waals surface area contributed by atoms with Crippen LogP contribution in [0.2, 0.25) is 0 Å². The fourth-order valence-electron chi connectivity index (χ4n) is 3.35. The lowest BCUT2D eigenvalue weighted by molar-refractivity contribution is 0.0949. The molecule has 0 fully saturated rings. The molecule has 2 heterocycles. The molecule has 2 aromatic carbocycles. The lowest BCUT2D eigenvalue weighted by Gasteiger charge is -2.13. The van der Waals surface area contributed by atoms with E-state index >= 15 is 0 Å². The van der Waals surface area contributed by atoms with Crippen molar-refractivity contribution in [1.82, 2.24) is 10.3 Å². The smallest absolute Gasteiger partial charge is 0.252 e. The number of methoxy groups -OCH3 is 2. The number of hydrogen-bond donors (Lipinski definition) is 1. The first-order valence-electron chi connectivity index (χ1n) is 9.53. The second-order valence-corrected chi connectivity index (χ2v) is 6.90. The third-order valence-corrected chi connectivity index (χ3v) is 4.90. The van der Waals surface area contributed by atoms with Gasteiger partial charge in [-0.15, -0.1) is 0 Å². The first-order chi connectivity index (χ1) is 14.6. The Bertz CT molecular complexity index is 1200. The van der Waals surface area contributed by atoms with Crippen molar-refractivity contribution in [2.45, 2.75) is 13.5 Å². The van der Waals surface area contributed by atoms with Crippen LogP contribution < -0.4 is 14.8 Å². The van der Waals surface area contributed by atoms with Gasteiger partial charge in [0.05, 0.1) is 43.8 Å². The van der Waals surface area contributed by atoms with Crippen molar-refractivity contribution >= 4 is 16.8 Å². The average molecular weight is 402 g/mol. The summed E-state index contributed by atoms with van der Waals surface area (Å²) >= 11 is 0. The average Bonchev–Trinajstić information content (AvgIpc) is 3.30. The largest absolute Gasteiger partial charge is 0.497 e. The molecular weight excluding hydrogens is 380 g/mol. The van der Waals surface area contributed by atoms with E-state index in [-0.39, 0.29) is 5.91 Å². The molecular formula is C24H22N2O4. The van der Waals surface area contributed by atoms with Crippen LogP contribution in [0.15, 0.2) is 65.3 Å². The Morgan fingerprint density at radius 3 is 2.67 bits per heavy atom. The predicted octanol–water partition coefficient (Wildman–Crippen LogP) is 4.75. The number of aromatic nitrogens is 1. The first kappa shape index (κ1) is 19.5. The SMILES string of the molecule is COc1ccc(-c2cc(C(=O)NCc3ccco3)c3cc(C)ccc3n2)c(OC)c1. The highest BCUT2D eigenvalue weighted by Gasteiger charge is 2.17. The molecule has 6 nitrogen and oxygen atoms in total. The maximum absolute atomic E-state index is 13.1. The number of aryl methyl sites for hydroxylation is 1. The summed E-state index contributed by atoms with van der Waals surface area (Å²) in [5.41, 5.74) is 3.76. The number of amides is 1. The van der Waals surface area contributed by atoms with E-state index in [0.29, 0.717) is 35.1 Å². The molecule has 4 rings (SSSR count). The van der Waals surface area contributed by atoms with E-state index in [9.17, 15) is 4.79 Å². The molecule has 0 unspecified atom stereocenters. The highest BCUT2D eigenvalue weighted by Crippen LogP contribution is 2.34. The molecule has 6 heteroatoms. The van der Waals surface area contributed by atoms with Crippen LogP contribution in [0, 0.1) is 6.92 Å². The van der Waals surface area contributed by atoms with Crippen LogP contribution in [-0.2, 0) is 6.54 Å². The van der Waals surface area contributed by atoms with Gasteiger partial charge in [0.1, 0.15) is 17.3 Å². The zero-order chi connectivity index (χ0) is 21.1. The van der Waals surface area contributed by atoms with Crippen LogP contribution in [-0.4, -0.2) is 25.1 Å². The molecule has 4 aromatic rings. The minimum atomic E-state index is -0.196. The molecule has 0 radical (unpaired) electrons. The Morgan fingerprint density at radius 2 is 1.93 bits per heavy atom. The number of fused-ring (bicyclic) bond motifs is 1. The highest BCUT2D eigenvalue weighted by molar-refractivity contribution is 6.07. The van der Waals surface area contributed by atoms with Crippen LogP contribution in [0.4, 0.5) is 0 Å². The zero-order valence-corrected chi connectivity index (χ0v) is 17.1. The van der Waals surface area contributed by atoms with Crippen LogP contribution >= 0.6 is 0 Å². The molecule has 0 aliphatic carbocycles. The standard InChI is InChI=1S/C24H22N2O4/c1-15-6-9-21-19(11-15)20(24(27)25-14-17-5-4-10-30-17)13-22(26-21)18-8-7-16(28-2)12-23(18)29-3/h4-13H,14H2,1-3H3,(H,25,27). The minimum Gasteiger partial charge on any atom is -0.497 e. The molecule has 0 atom stereocenters. The van der Waals surface area contributed by atoms with E-state index in [1.807, 2.05) is 43.3 Å². The van der Waals surface area contributed by atoms with E-state index < -0.39 is 0 Å². The van der Waals surface area contributed by atoms with Crippen molar-refractivity contribution in [3.05, 3.63) is 77.7 Å². The number of hydrogen-bond acceptors (Lipinski definition) is 5. The minimum absolute atomic E-state index is 0.196. The number of nitrogens with one attached hydrogen (secondary N) is 1. The molecule has 0 spiro atoms. The van der Waals surface area contributed by atoms with Crippen LogP contribution in [0.3, 0.4) is 0 Å². The molecule has 0 aliphatic rings. The Balaban J connectivity index is 1.81. The molecule has 2 aromatic heterocycles. The fraction of sp³-hybridized carbons (Fsp3) is 0.167. The summed E-state index contributed by atoms with van der Waals surface area (Å²) in [6.07, 6.45) is 1.58. The van der Waals surface area contributed by atoms with Gasteiger partial charge in [-0.2, -0.15) is 0 Å². The molecule has 0 saturated heterocycles. The normalized spacial score (nSPS) is 10.8. The van der Waals surface area contributed by atoms with Gasteiger partial charge >= 0.3 is 0 Å². The van der Waals surface area contributed by atoms with E-state index in [2.05, 4.69) is 5.32 Å². The van der Waals surface area contributed by atoms with Gasteiger partial charge in [0.15, 0.2) is 0 Å². The van der Waals surface area contributed by atoms with Crippen LogP contribution in [0.5, 0.6) is 11.5 Å². The first-order valence-corrected chi connectivity index (χ1v) is 9.53. The maximum atomic E-state index is 13.1. The Labute approximate surface area is 174 Å². The van der Waals surface area contributed by atoms with Gasteiger partial charge < -0.3 is 19.2 Å². The summed E-state index contributed by atoms with van der Waals surface area (Å²) in [5, 5.41) is 3.72. The topological polar surface area (TPSA) is 73.6 Å². The molecule has 1 amide bonds. The quantitative estimate of drug-likeness (QED) is 0.504. The molecule has 1 N–H and O–H groups in total. The van der Waals surface area contributed by atoms with Gasteiger partial charge in [-0.3, -0.25) is 4.79 Å². The number of benzene rings is 2. The number of furan rings is 1. The number of carbonyl (C=O) groups excluding carboxylic acids is 1. The summed E-state index contributed by atoms with van der Waals surface area (Å²) in [5.74, 6) is 1.80. The Kier molecular flexibility index (Phi) is 5.39. The zero-order valence-electron chi connectivity index (χ0n) is 17.1. The second-order valence-electron chi connectivity index (χ2n) is 6.90. The molecule has 152 valence electrons. The summed E-state index contributed by atoms with van der Waals surface area (Å²) < 4.78 is 16.1. The third-order valence-electron chi connectivity index (χ3n) is 4.90. The van der Waals surface area contributed by atoms with Gasteiger partial charge in [0.2, 0.25) is 0 Å². The van der Waals surface area contributed by atoms with Crippen molar-refractivity contribution in [3.8, 4) is 22.8 Å². The number of ether oxygens (including phenoxy) is 2. The highest BCUT2D eigenvalue weighted by atomic mass is 16.5. The van der Waals surface area contributed by atoms with E-state index in [4.69, 9.17) is 18.9 Å². The summed E-state index contributed by atoms with van der Waals surface area (Å²) in [6, 6.07) is 16.8. The predicted molar refractivity (Wildman–Crippen MR) is 115 cm³/mol. The molecule has 30 heavy (non-hydrogen) atoms. The number of nitrogens with zero attached hydrogens (tertiary/aromatic N) is 1. The van der Waals surface area contributed by atoms with Gasteiger partial charge in [-0.25, -0.2) is 4.98 Å². The van der Waals surface area contributed by atoms with E-state index in [0.717, 1.165) is 22.0 Å². The lowest BCUT2D eigenvalue weighted by Crippen LogP contribution is -2.23. The van der Waals surface area contributed by atoms with Crippen LogP contribution in [0.25, 0.3) is 22.2 Å². The summed E-state index contributed by atoms with van der Waals surface area (Å²) in [4.78, 5) is 17.9. The van der Waals surface area contributed by atoms with Crippen LogP contribution in [0.1, 0.15) is 21.7 Å². The Morgan fingerprint density at radius 1 is 1.07 bits per heavy atom. The van der Waals surface area contributed by atoms with Gasteiger partial charge in [0, 0.05) is 17.0 Å². The summed E-state index contributed by atoms with van der Waals surface area (Å²) in [6.45, 7) is 2.30. The maximum Gasteiger partial charge on any atom is 0.252 e. The molecule has 0 saturated carbocycles. The Hall–Kier alpha value is -3.80. The van der Waals surface area contributed by atoms with Gasteiger partial charge in [-0.1, -0.05) is 11.6 Å². The number of rotatable bonds is 6. The molecule has 0 bridgehead atoms. The van der Waals surface area contributed by atoms with Crippen molar-refractivity contribution in [2.24, 2.45) is 0 Å². The fourth-order valence-corrected chi connectivity index (χ4v) is 3.35. The number of pyridine rings is 1. The van der Waals surface area contributed by atoms with Gasteiger partial charge in [0.25, 0.3) is 5.91 Å². The van der Waals surface area contributed by atoms with Crippen molar-refractivity contribution in [3.63, 3.8) is 0 Å². The van der Waals surface area contributed by atoms with Crippen molar-refractivity contribution in [1.29, 1.82) is 0 Å². The molecule has 0 aliphatic heterocycles. The third kappa shape index (κ3) is 3.85. The van der Waals surface area contributed by atoms with Gasteiger partial charge in [-0.05, 0) is 49.4 Å². The van der Waals surface area contributed by atoms with E-state index in [1.54, 1.807) is 38.7 Å². The van der Waals surface area contributed by atoms with Crippen molar-refractivity contribution < 1.29 is 18.7 Å². The van der Waals surface area contributed by atoms with E-state index in [1.165, 1.54) is 0 Å². The number of carbonyl (C=O) groups is 1. The summed E-state index contributed by atoms with van der Waals surface area (Å²) in [7, 11) is 3.20.